The Hall–Kier alpha value is -2.25. The molecule has 0 radical (unpaired) electrons. The van der Waals surface area contributed by atoms with Crippen molar-refractivity contribution >= 4 is 35.7 Å². The number of aromatic nitrogens is 1. The molecule has 3 aromatic rings. The van der Waals surface area contributed by atoms with Crippen LogP contribution in [0, 0.1) is 17.8 Å². The number of pyridine rings is 1. The third-order valence-corrected chi connectivity index (χ3v) is 6.53. The minimum absolute atomic E-state index is 0. The molecule has 32 heavy (non-hydrogen) atoms. The number of nitrogens with zero attached hydrogens (tertiary/aromatic N) is 2. The maximum atomic E-state index is 5.97. The van der Waals surface area contributed by atoms with Crippen molar-refractivity contribution in [3.63, 3.8) is 0 Å². The van der Waals surface area contributed by atoms with Gasteiger partial charge in [0, 0.05) is 41.8 Å². The molecule has 2 aliphatic heterocycles. The molecule has 2 bridgehead atoms. The summed E-state index contributed by atoms with van der Waals surface area (Å²) in [6.45, 7) is 3.26. The lowest BCUT2D eigenvalue weighted by atomic mass is 9.80. The molecule has 0 unspecified atom stereocenters. The maximum absolute atomic E-state index is 5.97. The fourth-order valence-electron chi connectivity index (χ4n) is 4.89. The fraction of sp³-hybridized carbons (Fsp3) is 0.370. The topological polar surface area (TPSA) is 25.4 Å². The molecule has 6 rings (SSSR count). The quantitative estimate of drug-likeness (QED) is 0.333. The van der Waals surface area contributed by atoms with Gasteiger partial charge in [0.25, 0.3) is 0 Å². The van der Waals surface area contributed by atoms with Crippen LogP contribution in [-0.4, -0.2) is 35.6 Å². The first-order valence-electron chi connectivity index (χ1n) is 11.2. The zero-order chi connectivity index (χ0) is 20.2. The first-order chi connectivity index (χ1) is 14.8. The van der Waals surface area contributed by atoms with Gasteiger partial charge in [-0.1, -0.05) is 24.0 Å². The summed E-state index contributed by atoms with van der Waals surface area (Å²) in [4.78, 5) is 7.09. The van der Waals surface area contributed by atoms with Gasteiger partial charge in [-0.3, -0.25) is 9.88 Å². The summed E-state index contributed by atoms with van der Waals surface area (Å²) in [5.41, 5.74) is 2.98. The second kappa shape index (κ2) is 11.6. The summed E-state index contributed by atoms with van der Waals surface area (Å²) in [6.07, 6.45) is 8.62. The molecule has 1 aliphatic carbocycles. The van der Waals surface area contributed by atoms with Gasteiger partial charge in [-0.15, -0.1) is 24.8 Å². The molecule has 1 saturated carbocycles. The van der Waals surface area contributed by atoms with Crippen LogP contribution in [0.25, 0.3) is 10.9 Å². The van der Waals surface area contributed by atoms with E-state index in [-0.39, 0.29) is 24.8 Å². The van der Waals surface area contributed by atoms with E-state index in [1.165, 1.54) is 38.8 Å². The minimum Gasteiger partial charge on any atom is -0.494 e. The van der Waals surface area contributed by atoms with Crippen LogP contribution in [0.1, 0.15) is 43.2 Å². The highest BCUT2D eigenvalue weighted by atomic mass is 35.5. The lowest BCUT2D eigenvalue weighted by Crippen LogP contribution is -2.48. The van der Waals surface area contributed by atoms with Gasteiger partial charge in [-0.05, 0) is 80.5 Å². The van der Waals surface area contributed by atoms with Crippen molar-refractivity contribution < 1.29 is 4.74 Å². The molecule has 1 aromatic heterocycles. The molecule has 3 fully saturated rings. The Kier molecular flexibility index (Phi) is 8.82. The van der Waals surface area contributed by atoms with E-state index in [0.29, 0.717) is 0 Å². The van der Waals surface area contributed by atoms with Crippen LogP contribution in [-0.2, 0) is 0 Å². The number of hydrogen-bond donors (Lipinski definition) is 0. The van der Waals surface area contributed by atoms with Crippen molar-refractivity contribution in [3.8, 4) is 17.6 Å². The lowest BCUT2D eigenvalue weighted by molar-refractivity contribution is 0.0452. The largest absolute Gasteiger partial charge is 0.494 e. The number of ether oxygens (including phenoxy) is 1. The molecule has 2 aromatic carbocycles. The molecular formula is C27H30Cl2N2O. The molecule has 0 atom stereocenters. The van der Waals surface area contributed by atoms with E-state index in [9.17, 15) is 0 Å². The average molecular weight is 469 g/mol. The van der Waals surface area contributed by atoms with Crippen LogP contribution in [0.2, 0.25) is 0 Å². The Labute approximate surface area is 203 Å². The summed E-state index contributed by atoms with van der Waals surface area (Å²) in [5.74, 6) is 8.43. The average Bonchev–Trinajstić information content (AvgIpc) is 2.82. The number of hydrogen-bond acceptors (Lipinski definition) is 3. The van der Waals surface area contributed by atoms with E-state index in [2.05, 4.69) is 27.8 Å². The van der Waals surface area contributed by atoms with Crippen LogP contribution in [0.3, 0.4) is 0 Å². The molecular weight excluding hydrogens is 439 g/mol. The Bertz CT molecular complexity index is 1060. The third-order valence-electron chi connectivity index (χ3n) is 6.53. The van der Waals surface area contributed by atoms with E-state index in [1.54, 1.807) is 0 Å². The Morgan fingerprint density at radius 2 is 1.72 bits per heavy atom. The molecule has 0 N–H and O–H groups in total. The second-order valence-corrected chi connectivity index (χ2v) is 8.52. The van der Waals surface area contributed by atoms with E-state index in [1.807, 2.05) is 54.7 Å². The molecule has 168 valence electrons. The van der Waals surface area contributed by atoms with E-state index >= 15 is 0 Å². The van der Waals surface area contributed by atoms with Crippen molar-refractivity contribution in [2.45, 2.75) is 38.1 Å². The lowest BCUT2D eigenvalue weighted by Gasteiger charge is -2.45. The molecule has 0 spiro atoms. The first-order valence-corrected chi connectivity index (χ1v) is 11.2. The SMILES string of the molecule is C(#Cc1cccc2ncccc12)c1ccc(OCCCN2CC3CCC2CC3)cc1.Cl.Cl. The van der Waals surface area contributed by atoms with Gasteiger partial charge in [0.1, 0.15) is 5.75 Å². The normalized spacial score (nSPS) is 19.4. The van der Waals surface area contributed by atoms with E-state index in [4.69, 9.17) is 4.74 Å². The summed E-state index contributed by atoms with van der Waals surface area (Å²) >= 11 is 0. The van der Waals surface area contributed by atoms with Gasteiger partial charge in [0.05, 0.1) is 12.1 Å². The summed E-state index contributed by atoms with van der Waals surface area (Å²) in [5, 5.41) is 1.09. The third kappa shape index (κ3) is 5.75. The van der Waals surface area contributed by atoms with Crippen molar-refractivity contribution in [2.75, 3.05) is 19.7 Å². The monoisotopic (exact) mass is 468 g/mol. The van der Waals surface area contributed by atoms with Gasteiger partial charge in [0.15, 0.2) is 0 Å². The number of rotatable bonds is 5. The van der Waals surface area contributed by atoms with Gasteiger partial charge in [-0.25, -0.2) is 0 Å². The summed E-state index contributed by atoms with van der Waals surface area (Å²) in [6, 6.07) is 19.1. The van der Waals surface area contributed by atoms with E-state index in [0.717, 1.165) is 52.8 Å². The highest BCUT2D eigenvalue weighted by molar-refractivity contribution is 5.86. The van der Waals surface area contributed by atoms with E-state index < -0.39 is 0 Å². The second-order valence-electron chi connectivity index (χ2n) is 8.52. The Morgan fingerprint density at radius 3 is 2.47 bits per heavy atom. The molecule has 2 saturated heterocycles. The first kappa shape index (κ1) is 24.4. The standard InChI is InChI=1S/C27H28N2O.2ClH/c1-4-23(26-5-2-17-28-27(26)6-1)12-7-21-10-15-25(16-11-21)30-19-3-18-29-20-22-8-13-24(29)14-9-22;;/h1-2,4-6,10-11,15-17,22,24H,3,8-9,13-14,18-20H2;2*1H. The molecule has 3 heterocycles. The van der Waals surface area contributed by atoms with Crippen LogP contribution < -0.4 is 4.74 Å². The molecule has 3 aliphatic rings. The smallest absolute Gasteiger partial charge is 0.119 e. The van der Waals surface area contributed by atoms with Crippen molar-refractivity contribution in [1.82, 2.24) is 9.88 Å². The number of benzene rings is 2. The highest BCUT2D eigenvalue weighted by Gasteiger charge is 2.32. The highest BCUT2D eigenvalue weighted by Crippen LogP contribution is 2.34. The Morgan fingerprint density at radius 1 is 0.906 bits per heavy atom. The summed E-state index contributed by atoms with van der Waals surface area (Å²) in [7, 11) is 0. The molecule has 5 heteroatoms. The predicted molar refractivity (Wildman–Crippen MR) is 136 cm³/mol. The predicted octanol–water partition coefficient (Wildman–Crippen LogP) is 6.12. The maximum Gasteiger partial charge on any atom is 0.119 e. The van der Waals surface area contributed by atoms with Gasteiger partial charge >= 0.3 is 0 Å². The number of halogens is 2. The van der Waals surface area contributed by atoms with Gasteiger partial charge < -0.3 is 4.74 Å². The molecule has 3 nitrogen and oxygen atoms in total. The summed E-state index contributed by atoms with van der Waals surface area (Å²) < 4.78 is 5.97. The van der Waals surface area contributed by atoms with Crippen molar-refractivity contribution in [2.24, 2.45) is 5.92 Å². The minimum atomic E-state index is 0. The van der Waals surface area contributed by atoms with Crippen molar-refractivity contribution in [3.05, 3.63) is 71.9 Å². The molecule has 0 amide bonds. The Balaban J connectivity index is 0.00000144. The fourth-order valence-corrected chi connectivity index (χ4v) is 4.89. The zero-order valence-corrected chi connectivity index (χ0v) is 19.8. The number of fused-ring (bicyclic) bond motifs is 4. The van der Waals surface area contributed by atoms with Crippen LogP contribution in [0.4, 0.5) is 0 Å². The van der Waals surface area contributed by atoms with Gasteiger partial charge in [-0.2, -0.15) is 0 Å². The van der Waals surface area contributed by atoms with Crippen molar-refractivity contribution in [1.29, 1.82) is 0 Å². The zero-order valence-electron chi connectivity index (χ0n) is 18.2. The van der Waals surface area contributed by atoms with Crippen LogP contribution in [0.5, 0.6) is 5.75 Å². The number of piperidine rings is 2. The van der Waals surface area contributed by atoms with Crippen LogP contribution in [0.15, 0.2) is 60.8 Å². The van der Waals surface area contributed by atoms with Crippen LogP contribution >= 0.6 is 24.8 Å². The van der Waals surface area contributed by atoms with Gasteiger partial charge in [0.2, 0.25) is 0 Å².